The molecule has 1 amide bonds. The number of aryl methyl sites for hydroxylation is 2. The quantitative estimate of drug-likeness (QED) is 0.583. The molecule has 0 aliphatic carbocycles. The van der Waals surface area contributed by atoms with Crippen molar-refractivity contribution in [3.05, 3.63) is 88.5 Å². The fourth-order valence-corrected chi connectivity index (χ4v) is 3.24. The molecule has 156 valence electrons. The lowest BCUT2D eigenvalue weighted by Crippen LogP contribution is -2.23. The average Bonchev–Trinajstić information content (AvgIpc) is 2.75. The van der Waals surface area contributed by atoms with Crippen molar-refractivity contribution in [2.75, 3.05) is 14.2 Å². The summed E-state index contributed by atoms with van der Waals surface area (Å²) in [6.07, 6.45) is 0. The molecule has 0 unspecified atom stereocenters. The molecule has 0 heterocycles. The van der Waals surface area contributed by atoms with E-state index in [9.17, 15) is 4.79 Å². The second kappa shape index (κ2) is 9.83. The molecular weight excluding hydrogens is 378 g/mol. The molecule has 30 heavy (non-hydrogen) atoms. The number of hydrogen-bond acceptors (Lipinski definition) is 4. The van der Waals surface area contributed by atoms with Gasteiger partial charge in [-0.25, -0.2) is 0 Å². The van der Waals surface area contributed by atoms with Crippen molar-refractivity contribution in [1.82, 2.24) is 5.32 Å². The highest BCUT2D eigenvalue weighted by molar-refractivity contribution is 5.94. The first-order valence-corrected chi connectivity index (χ1v) is 9.77. The summed E-state index contributed by atoms with van der Waals surface area (Å²) in [4.78, 5) is 12.6. The molecule has 3 aromatic carbocycles. The Kier molecular flexibility index (Phi) is 6.96. The summed E-state index contributed by atoms with van der Waals surface area (Å²) >= 11 is 0. The van der Waals surface area contributed by atoms with E-state index in [4.69, 9.17) is 14.2 Å². The zero-order valence-corrected chi connectivity index (χ0v) is 17.8. The van der Waals surface area contributed by atoms with Crippen LogP contribution in [-0.2, 0) is 13.2 Å². The molecule has 3 aromatic rings. The molecule has 0 spiro atoms. The average molecular weight is 405 g/mol. The topological polar surface area (TPSA) is 56.8 Å². The Morgan fingerprint density at radius 3 is 2.17 bits per heavy atom. The van der Waals surface area contributed by atoms with E-state index in [1.165, 1.54) is 0 Å². The molecule has 3 rings (SSSR count). The third kappa shape index (κ3) is 5.54. The molecule has 0 saturated heterocycles. The van der Waals surface area contributed by atoms with Crippen LogP contribution in [0.5, 0.6) is 17.2 Å². The zero-order valence-electron chi connectivity index (χ0n) is 17.8. The number of ether oxygens (including phenoxy) is 3. The van der Waals surface area contributed by atoms with Crippen molar-refractivity contribution in [2.24, 2.45) is 0 Å². The van der Waals surface area contributed by atoms with E-state index in [-0.39, 0.29) is 5.91 Å². The van der Waals surface area contributed by atoms with Crippen molar-refractivity contribution in [2.45, 2.75) is 27.0 Å². The van der Waals surface area contributed by atoms with Gasteiger partial charge in [-0.15, -0.1) is 0 Å². The van der Waals surface area contributed by atoms with Crippen LogP contribution in [0.1, 0.15) is 32.6 Å². The summed E-state index contributed by atoms with van der Waals surface area (Å²) in [5.74, 6) is 2.12. The molecule has 0 fully saturated rings. The van der Waals surface area contributed by atoms with E-state index in [2.05, 4.69) is 11.4 Å². The van der Waals surface area contributed by atoms with Crippen molar-refractivity contribution < 1.29 is 19.0 Å². The number of hydrogen-bond donors (Lipinski definition) is 1. The van der Waals surface area contributed by atoms with Gasteiger partial charge in [-0.05, 0) is 73.0 Å². The van der Waals surface area contributed by atoms with Gasteiger partial charge in [0, 0.05) is 17.7 Å². The third-order valence-electron chi connectivity index (χ3n) is 4.74. The van der Waals surface area contributed by atoms with Gasteiger partial charge in [-0.3, -0.25) is 4.79 Å². The van der Waals surface area contributed by atoms with Crippen LogP contribution in [0.15, 0.2) is 60.7 Å². The molecule has 0 radical (unpaired) electrons. The van der Waals surface area contributed by atoms with Gasteiger partial charge in [-0.1, -0.05) is 18.2 Å². The summed E-state index contributed by atoms with van der Waals surface area (Å²) in [5.41, 5.74) is 4.65. The second-order valence-electron chi connectivity index (χ2n) is 7.17. The van der Waals surface area contributed by atoms with Crippen LogP contribution in [0.3, 0.4) is 0 Å². The minimum Gasteiger partial charge on any atom is -0.497 e. The Bertz CT molecular complexity index is 992. The maximum atomic E-state index is 12.6. The van der Waals surface area contributed by atoms with Crippen molar-refractivity contribution in [1.29, 1.82) is 0 Å². The highest BCUT2D eigenvalue weighted by Gasteiger charge is 2.11. The maximum absolute atomic E-state index is 12.6. The maximum Gasteiger partial charge on any atom is 0.251 e. The minimum atomic E-state index is -0.152. The standard InChI is InChI=1S/C25H27NO4/c1-17-11-18(2)13-23(12-17)30-16-21-14-20(7-10-24(21)29-4)25(27)26-15-19-5-8-22(28-3)9-6-19/h5-14H,15-16H2,1-4H3,(H,26,27). The first kappa shape index (κ1) is 21.2. The van der Waals surface area contributed by atoms with Gasteiger partial charge in [0.15, 0.2) is 0 Å². The Labute approximate surface area is 177 Å². The number of rotatable bonds is 8. The molecule has 0 aromatic heterocycles. The van der Waals surface area contributed by atoms with Crippen LogP contribution < -0.4 is 19.5 Å². The van der Waals surface area contributed by atoms with Crippen LogP contribution in [0.25, 0.3) is 0 Å². The van der Waals surface area contributed by atoms with E-state index >= 15 is 0 Å². The Balaban J connectivity index is 1.68. The molecular formula is C25H27NO4. The van der Waals surface area contributed by atoms with Gasteiger partial charge in [0.05, 0.1) is 14.2 Å². The van der Waals surface area contributed by atoms with E-state index in [1.807, 2.05) is 56.3 Å². The molecule has 0 aliphatic rings. The molecule has 0 aliphatic heterocycles. The number of benzene rings is 3. The first-order valence-electron chi connectivity index (χ1n) is 9.77. The smallest absolute Gasteiger partial charge is 0.251 e. The van der Waals surface area contributed by atoms with Crippen molar-refractivity contribution >= 4 is 5.91 Å². The van der Waals surface area contributed by atoms with Gasteiger partial charge in [-0.2, -0.15) is 0 Å². The van der Waals surface area contributed by atoms with Gasteiger partial charge in [0.25, 0.3) is 5.91 Å². The lowest BCUT2D eigenvalue weighted by Gasteiger charge is -2.13. The van der Waals surface area contributed by atoms with Crippen LogP contribution in [0, 0.1) is 13.8 Å². The third-order valence-corrected chi connectivity index (χ3v) is 4.74. The minimum absolute atomic E-state index is 0.152. The largest absolute Gasteiger partial charge is 0.497 e. The summed E-state index contributed by atoms with van der Waals surface area (Å²) in [6, 6.07) is 19.0. The predicted molar refractivity (Wildman–Crippen MR) is 117 cm³/mol. The first-order chi connectivity index (χ1) is 14.5. The number of amides is 1. The summed E-state index contributed by atoms with van der Waals surface area (Å²) in [6.45, 7) is 4.82. The van der Waals surface area contributed by atoms with E-state index in [0.717, 1.165) is 33.8 Å². The summed E-state index contributed by atoms with van der Waals surface area (Å²) < 4.78 is 16.6. The lowest BCUT2D eigenvalue weighted by molar-refractivity contribution is 0.0950. The number of nitrogens with one attached hydrogen (secondary N) is 1. The molecule has 5 nitrogen and oxygen atoms in total. The molecule has 1 N–H and O–H groups in total. The number of carbonyl (C=O) groups is 1. The van der Waals surface area contributed by atoms with Gasteiger partial charge in [0.2, 0.25) is 0 Å². The zero-order chi connectivity index (χ0) is 21.5. The lowest BCUT2D eigenvalue weighted by atomic mass is 10.1. The van der Waals surface area contributed by atoms with Crippen LogP contribution in [0.4, 0.5) is 0 Å². The van der Waals surface area contributed by atoms with E-state index < -0.39 is 0 Å². The van der Waals surface area contributed by atoms with Crippen molar-refractivity contribution in [3.63, 3.8) is 0 Å². The SMILES string of the molecule is COc1ccc(CNC(=O)c2ccc(OC)c(COc3cc(C)cc(C)c3)c2)cc1. The summed E-state index contributed by atoms with van der Waals surface area (Å²) in [7, 11) is 3.24. The predicted octanol–water partition coefficient (Wildman–Crippen LogP) is 4.83. The normalized spacial score (nSPS) is 10.4. The van der Waals surface area contributed by atoms with E-state index in [0.29, 0.717) is 24.5 Å². The fourth-order valence-electron chi connectivity index (χ4n) is 3.24. The second-order valence-corrected chi connectivity index (χ2v) is 7.17. The van der Waals surface area contributed by atoms with Crippen LogP contribution in [-0.4, -0.2) is 20.1 Å². The molecule has 5 heteroatoms. The highest BCUT2D eigenvalue weighted by atomic mass is 16.5. The van der Waals surface area contributed by atoms with Gasteiger partial charge >= 0.3 is 0 Å². The molecule has 0 bridgehead atoms. The Morgan fingerprint density at radius 1 is 0.833 bits per heavy atom. The van der Waals surface area contributed by atoms with E-state index in [1.54, 1.807) is 26.4 Å². The fraction of sp³-hybridized carbons (Fsp3) is 0.240. The van der Waals surface area contributed by atoms with Gasteiger partial charge < -0.3 is 19.5 Å². The van der Waals surface area contributed by atoms with Gasteiger partial charge in [0.1, 0.15) is 23.9 Å². The number of methoxy groups -OCH3 is 2. The van der Waals surface area contributed by atoms with Crippen molar-refractivity contribution in [3.8, 4) is 17.2 Å². The summed E-state index contributed by atoms with van der Waals surface area (Å²) in [5, 5.41) is 2.94. The monoisotopic (exact) mass is 405 g/mol. The van der Waals surface area contributed by atoms with Crippen LogP contribution >= 0.6 is 0 Å². The Hall–Kier alpha value is -3.47. The Morgan fingerprint density at radius 2 is 1.53 bits per heavy atom. The highest BCUT2D eigenvalue weighted by Crippen LogP contribution is 2.23. The molecule has 0 saturated carbocycles. The van der Waals surface area contributed by atoms with Crippen LogP contribution in [0.2, 0.25) is 0 Å². The molecule has 0 atom stereocenters. The number of carbonyl (C=O) groups excluding carboxylic acids is 1.